The van der Waals surface area contributed by atoms with Crippen molar-refractivity contribution in [2.24, 2.45) is 11.1 Å². The van der Waals surface area contributed by atoms with Gasteiger partial charge in [0.1, 0.15) is 12.3 Å². The zero-order chi connectivity index (χ0) is 19.8. The van der Waals surface area contributed by atoms with Crippen LogP contribution in [0.3, 0.4) is 0 Å². The lowest BCUT2D eigenvalue weighted by Crippen LogP contribution is -2.44. The van der Waals surface area contributed by atoms with Crippen LogP contribution >= 0.6 is 11.6 Å². The van der Waals surface area contributed by atoms with Gasteiger partial charge in [-0.3, -0.25) is 4.79 Å². The van der Waals surface area contributed by atoms with E-state index in [0.717, 1.165) is 24.0 Å². The molecule has 5 nitrogen and oxygen atoms in total. The fourth-order valence-electron chi connectivity index (χ4n) is 3.22. The topological polar surface area (TPSA) is 59.9 Å². The van der Waals surface area contributed by atoms with Crippen LogP contribution in [0.5, 0.6) is 0 Å². The third kappa shape index (κ3) is 5.33. The lowest BCUT2D eigenvalue weighted by molar-refractivity contribution is -0.148. The fourth-order valence-corrected chi connectivity index (χ4v) is 3.44. The highest BCUT2D eigenvalue weighted by Crippen LogP contribution is 2.21. The van der Waals surface area contributed by atoms with Gasteiger partial charge in [-0.1, -0.05) is 65.3 Å². The maximum atomic E-state index is 11.8. The number of nitrogens with one attached hydrogen (secondary N) is 1. The second-order valence-electron chi connectivity index (χ2n) is 6.71. The van der Waals surface area contributed by atoms with Crippen molar-refractivity contribution in [3.63, 3.8) is 0 Å². The summed E-state index contributed by atoms with van der Waals surface area (Å²) in [6, 6.07) is 17.6. The van der Waals surface area contributed by atoms with Crippen LogP contribution in [-0.2, 0) is 14.4 Å². The number of oxime groups is 1. The third-order valence-electron chi connectivity index (χ3n) is 4.74. The monoisotopic (exact) mass is 400 g/mol. The molecule has 1 fully saturated rings. The van der Waals surface area contributed by atoms with Crippen molar-refractivity contribution in [3.8, 4) is 0 Å². The molecule has 3 rings (SSSR count). The smallest absolute Gasteiger partial charge is 0.310 e. The largest absolute Gasteiger partial charge is 0.466 e. The second kappa shape index (κ2) is 10.2. The number of halogens is 1. The third-order valence-corrected chi connectivity index (χ3v) is 5.07. The summed E-state index contributed by atoms with van der Waals surface area (Å²) in [5.41, 5.74) is 2.47. The Bertz CT molecular complexity index is 802. The summed E-state index contributed by atoms with van der Waals surface area (Å²) in [4.78, 5) is 17.5. The summed E-state index contributed by atoms with van der Waals surface area (Å²) in [6.45, 7) is 3.27. The normalized spacial score (nSPS) is 19.9. The van der Waals surface area contributed by atoms with Crippen molar-refractivity contribution in [3.05, 3.63) is 70.7 Å². The first-order chi connectivity index (χ1) is 13.7. The SMILES string of the molecule is CCOC(=O)[C@@H]1CC[C@H](CO/N=C(/c2ccccc2)c2ccccc2Cl)NC1. The van der Waals surface area contributed by atoms with Crippen LogP contribution in [-0.4, -0.2) is 37.5 Å². The molecule has 0 unspecified atom stereocenters. The molecule has 2 atom stereocenters. The van der Waals surface area contributed by atoms with Crippen LogP contribution < -0.4 is 5.32 Å². The number of benzene rings is 2. The molecule has 0 saturated carbocycles. The highest BCUT2D eigenvalue weighted by Gasteiger charge is 2.27. The number of piperidine rings is 1. The molecule has 28 heavy (non-hydrogen) atoms. The van der Waals surface area contributed by atoms with E-state index < -0.39 is 0 Å². The molecule has 0 aliphatic carbocycles. The molecular weight excluding hydrogens is 376 g/mol. The molecule has 0 spiro atoms. The van der Waals surface area contributed by atoms with Crippen LogP contribution in [0.2, 0.25) is 5.02 Å². The van der Waals surface area contributed by atoms with E-state index >= 15 is 0 Å². The fraction of sp³-hybridized carbons (Fsp3) is 0.364. The number of hydrogen-bond acceptors (Lipinski definition) is 5. The Kier molecular flexibility index (Phi) is 7.46. The lowest BCUT2D eigenvalue weighted by Gasteiger charge is -2.27. The Hall–Kier alpha value is -2.37. The van der Waals surface area contributed by atoms with E-state index in [1.54, 1.807) is 0 Å². The lowest BCUT2D eigenvalue weighted by atomic mass is 9.95. The van der Waals surface area contributed by atoms with E-state index in [0.29, 0.717) is 30.5 Å². The first kappa shape index (κ1) is 20.4. The van der Waals surface area contributed by atoms with Gasteiger partial charge >= 0.3 is 5.97 Å². The average Bonchev–Trinajstić information content (AvgIpc) is 2.73. The molecule has 148 valence electrons. The van der Waals surface area contributed by atoms with Gasteiger partial charge in [0.25, 0.3) is 0 Å². The maximum Gasteiger partial charge on any atom is 0.310 e. The molecule has 0 aromatic heterocycles. The Morgan fingerprint density at radius 3 is 2.57 bits per heavy atom. The number of rotatable bonds is 7. The van der Waals surface area contributed by atoms with E-state index in [1.807, 2.05) is 61.5 Å². The second-order valence-corrected chi connectivity index (χ2v) is 7.12. The Morgan fingerprint density at radius 2 is 1.89 bits per heavy atom. The summed E-state index contributed by atoms with van der Waals surface area (Å²) < 4.78 is 5.09. The van der Waals surface area contributed by atoms with Crippen molar-refractivity contribution in [1.29, 1.82) is 0 Å². The van der Waals surface area contributed by atoms with Gasteiger partial charge < -0.3 is 14.9 Å². The number of carbonyl (C=O) groups excluding carboxylic acids is 1. The molecule has 0 amide bonds. The molecule has 1 aliphatic rings. The van der Waals surface area contributed by atoms with Gasteiger partial charge in [-0.25, -0.2) is 0 Å². The molecular formula is C22H25ClN2O3. The summed E-state index contributed by atoms with van der Waals surface area (Å²) in [7, 11) is 0. The van der Waals surface area contributed by atoms with Crippen LogP contribution in [0.15, 0.2) is 59.8 Å². The van der Waals surface area contributed by atoms with Gasteiger partial charge in [0.2, 0.25) is 0 Å². The van der Waals surface area contributed by atoms with E-state index in [9.17, 15) is 4.79 Å². The minimum atomic E-state index is -0.127. The molecule has 6 heteroatoms. The number of esters is 1. The van der Waals surface area contributed by atoms with Crippen molar-refractivity contribution >= 4 is 23.3 Å². The highest BCUT2D eigenvalue weighted by atomic mass is 35.5. The standard InChI is InChI=1S/C22H25ClN2O3/c1-2-27-22(26)17-12-13-18(24-14-17)15-28-25-21(16-8-4-3-5-9-16)19-10-6-7-11-20(19)23/h3-11,17-18,24H,2,12-15H2,1H3/b25-21-/t17-,18-/m1/s1. The predicted molar refractivity (Wildman–Crippen MR) is 111 cm³/mol. The molecule has 0 bridgehead atoms. The number of hydrogen-bond donors (Lipinski definition) is 1. The van der Waals surface area contributed by atoms with E-state index in [1.165, 1.54) is 0 Å². The molecule has 2 aromatic carbocycles. The Balaban J connectivity index is 1.64. The number of nitrogens with zero attached hydrogens (tertiary/aromatic N) is 1. The van der Waals surface area contributed by atoms with Crippen LogP contribution in [0.4, 0.5) is 0 Å². The summed E-state index contributed by atoms with van der Waals surface area (Å²) >= 11 is 6.38. The van der Waals surface area contributed by atoms with E-state index in [4.69, 9.17) is 21.2 Å². The van der Waals surface area contributed by atoms with E-state index in [2.05, 4.69) is 10.5 Å². The average molecular weight is 401 g/mol. The molecule has 1 N–H and O–H groups in total. The van der Waals surface area contributed by atoms with Gasteiger partial charge in [-0.2, -0.15) is 0 Å². The van der Waals surface area contributed by atoms with Crippen LogP contribution in [0.1, 0.15) is 30.9 Å². The number of carbonyl (C=O) groups is 1. The molecule has 2 aromatic rings. The first-order valence-corrected chi connectivity index (χ1v) is 9.97. The van der Waals surface area contributed by atoms with Gasteiger partial charge in [0, 0.05) is 23.7 Å². The molecule has 1 saturated heterocycles. The molecule has 1 aliphatic heterocycles. The van der Waals surface area contributed by atoms with Crippen LogP contribution in [0, 0.1) is 5.92 Å². The predicted octanol–water partition coefficient (Wildman–Crippen LogP) is 4.04. The van der Waals surface area contributed by atoms with Gasteiger partial charge in [0.15, 0.2) is 0 Å². The van der Waals surface area contributed by atoms with Crippen molar-refractivity contribution in [2.45, 2.75) is 25.8 Å². The van der Waals surface area contributed by atoms with Crippen molar-refractivity contribution < 1.29 is 14.4 Å². The molecule has 1 heterocycles. The Labute approximate surface area is 170 Å². The highest BCUT2D eigenvalue weighted by molar-refractivity contribution is 6.35. The van der Waals surface area contributed by atoms with Gasteiger partial charge in [-0.15, -0.1) is 0 Å². The Morgan fingerprint density at radius 1 is 1.14 bits per heavy atom. The molecule has 0 radical (unpaired) electrons. The number of ether oxygens (including phenoxy) is 1. The van der Waals surface area contributed by atoms with Crippen molar-refractivity contribution in [1.82, 2.24) is 5.32 Å². The zero-order valence-electron chi connectivity index (χ0n) is 15.9. The first-order valence-electron chi connectivity index (χ1n) is 9.59. The quantitative estimate of drug-likeness (QED) is 0.433. The van der Waals surface area contributed by atoms with Crippen molar-refractivity contribution in [2.75, 3.05) is 19.8 Å². The summed E-state index contributed by atoms with van der Waals surface area (Å²) in [5.74, 6) is -0.208. The van der Waals surface area contributed by atoms with Gasteiger partial charge in [0.05, 0.1) is 17.5 Å². The maximum absolute atomic E-state index is 11.8. The zero-order valence-corrected chi connectivity index (χ0v) is 16.7. The summed E-state index contributed by atoms with van der Waals surface area (Å²) in [6.07, 6.45) is 1.63. The van der Waals surface area contributed by atoms with E-state index in [-0.39, 0.29) is 17.9 Å². The van der Waals surface area contributed by atoms with Crippen LogP contribution in [0.25, 0.3) is 0 Å². The summed E-state index contributed by atoms with van der Waals surface area (Å²) in [5, 5.41) is 8.38. The van der Waals surface area contributed by atoms with Gasteiger partial charge in [-0.05, 0) is 25.8 Å². The minimum Gasteiger partial charge on any atom is -0.466 e. The minimum absolute atomic E-state index is 0.0808.